The van der Waals surface area contributed by atoms with Crippen LogP contribution < -0.4 is 10.6 Å². The molecular weight excluding hydrogens is 204 g/mol. The maximum absolute atomic E-state index is 11.0. The van der Waals surface area contributed by atoms with Gasteiger partial charge in [-0.15, -0.1) is 0 Å². The molecular formula is C12H18N2O2. The van der Waals surface area contributed by atoms with Crippen molar-refractivity contribution in [3.05, 3.63) is 29.8 Å². The van der Waals surface area contributed by atoms with Crippen molar-refractivity contribution in [3.8, 4) is 0 Å². The fourth-order valence-electron chi connectivity index (χ4n) is 1.52. The van der Waals surface area contributed by atoms with E-state index in [1.165, 1.54) is 7.11 Å². The van der Waals surface area contributed by atoms with Gasteiger partial charge in [-0.3, -0.25) is 4.79 Å². The molecule has 0 amide bonds. The minimum absolute atomic E-state index is 0.0998. The maximum atomic E-state index is 11.0. The summed E-state index contributed by atoms with van der Waals surface area (Å²) in [7, 11) is 3.27. The zero-order valence-corrected chi connectivity index (χ0v) is 9.91. The molecule has 0 saturated heterocycles. The number of rotatable bonds is 5. The van der Waals surface area contributed by atoms with E-state index in [2.05, 4.69) is 15.4 Å². The van der Waals surface area contributed by atoms with Gasteiger partial charge in [0.1, 0.15) is 0 Å². The average Bonchev–Trinajstić information content (AvgIpc) is 2.35. The van der Waals surface area contributed by atoms with Crippen LogP contribution in [0, 0.1) is 0 Å². The van der Waals surface area contributed by atoms with Crippen molar-refractivity contribution in [2.24, 2.45) is 0 Å². The van der Waals surface area contributed by atoms with E-state index in [0.717, 1.165) is 11.3 Å². The first kappa shape index (κ1) is 12.5. The molecule has 4 heteroatoms. The van der Waals surface area contributed by atoms with E-state index in [-0.39, 0.29) is 18.6 Å². The number of methoxy groups -OCH3 is 1. The lowest BCUT2D eigenvalue weighted by Crippen LogP contribution is -2.27. The molecule has 88 valence electrons. The summed E-state index contributed by atoms with van der Waals surface area (Å²) in [6.45, 7) is 2.23. The minimum atomic E-state index is -0.256. The van der Waals surface area contributed by atoms with E-state index in [0.29, 0.717) is 0 Å². The molecule has 2 N–H and O–H groups in total. The SMILES string of the molecule is CNc1ccccc1C(C)NCC(=O)OC. The zero-order valence-electron chi connectivity index (χ0n) is 9.91. The lowest BCUT2D eigenvalue weighted by atomic mass is 10.1. The Morgan fingerprint density at radius 3 is 2.75 bits per heavy atom. The Hall–Kier alpha value is -1.55. The second-order valence-corrected chi connectivity index (χ2v) is 3.52. The van der Waals surface area contributed by atoms with Crippen LogP contribution in [0.2, 0.25) is 0 Å². The van der Waals surface area contributed by atoms with Crippen LogP contribution >= 0.6 is 0 Å². The van der Waals surface area contributed by atoms with Gasteiger partial charge in [0.05, 0.1) is 13.7 Å². The van der Waals surface area contributed by atoms with E-state index >= 15 is 0 Å². The summed E-state index contributed by atoms with van der Waals surface area (Å²) >= 11 is 0. The lowest BCUT2D eigenvalue weighted by Gasteiger charge is -2.17. The third-order valence-corrected chi connectivity index (χ3v) is 2.48. The minimum Gasteiger partial charge on any atom is -0.468 e. The summed E-state index contributed by atoms with van der Waals surface area (Å²) in [5, 5.41) is 6.23. The Bertz CT molecular complexity index is 353. The normalized spacial score (nSPS) is 11.9. The Balaban J connectivity index is 2.65. The molecule has 0 aliphatic heterocycles. The van der Waals surface area contributed by atoms with Crippen LogP contribution in [0.25, 0.3) is 0 Å². The Kier molecular flexibility index (Phi) is 4.79. The molecule has 1 rings (SSSR count). The molecule has 1 atom stereocenters. The molecule has 0 aliphatic rings. The van der Waals surface area contributed by atoms with Crippen LogP contribution in [-0.4, -0.2) is 26.7 Å². The molecule has 0 saturated carbocycles. The Morgan fingerprint density at radius 1 is 1.44 bits per heavy atom. The highest BCUT2D eigenvalue weighted by molar-refractivity contribution is 5.71. The van der Waals surface area contributed by atoms with Crippen LogP contribution in [0.1, 0.15) is 18.5 Å². The maximum Gasteiger partial charge on any atom is 0.319 e. The highest BCUT2D eigenvalue weighted by Crippen LogP contribution is 2.21. The van der Waals surface area contributed by atoms with Crippen molar-refractivity contribution in [2.45, 2.75) is 13.0 Å². The van der Waals surface area contributed by atoms with E-state index in [4.69, 9.17) is 0 Å². The summed E-state index contributed by atoms with van der Waals surface area (Å²) in [5.74, 6) is -0.256. The standard InChI is InChI=1S/C12H18N2O2/c1-9(14-8-12(15)16-3)10-6-4-5-7-11(10)13-2/h4-7,9,13-14H,8H2,1-3H3. The highest BCUT2D eigenvalue weighted by Gasteiger charge is 2.10. The first-order chi connectivity index (χ1) is 7.69. The number of carbonyl (C=O) groups excluding carboxylic acids is 1. The fourth-order valence-corrected chi connectivity index (χ4v) is 1.52. The predicted molar refractivity (Wildman–Crippen MR) is 64.4 cm³/mol. The van der Waals surface area contributed by atoms with Gasteiger partial charge in [-0.2, -0.15) is 0 Å². The second-order valence-electron chi connectivity index (χ2n) is 3.52. The fraction of sp³-hybridized carbons (Fsp3) is 0.417. The number of carbonyl (C=O) groups is 1. The first-order valence-electron chi connectivity index (χ1n) is 5.26. The predicted octanol–water partition coefficient (Wildman–Crippen LogP) is 1.55. The van der Waals surface area contributed by atoms with Gasteiger partial charge < -0.3 is 15.4 Å². The number of anilines is 1. The van der Waals surface area contributed by atoms with Crippen molar-refractivity contribution in [1.82, 2.24) is 5.32 Å². The Morgan fingerprint density at radius 2 is 2.12 bits per heavy atom. The van der Waals surface area contributed by atoms with Crippen LogP contribution in [0.15, 0.2) is 24.3 Å². The summed E-state index contributed by atoms with van der Waals surface area (Å²) in [6, 6.07) is 8.09. The van der Waals surface area contributed by atoms with Crippen LogP contribution in [0.5, 0.6) is 0 Å². The molecule has 0 bridgehead atoms. The molecule has 1 aromatic carbocycles. The lowest BCUT2D eigenvalue weighted by molar-refractivity contribution is -0.139. The van der Waals surface area contributed by atoms with E-state index in [1.807, 2.05) is 38.2 Å². The summed E-state index contributed by atoms with van der Waals surface area (Å²) in [5.41, 5.74) is 2.20. The number of hydrogen-bond acceptors (Lipinski definition) is 4. The molecule has 0 spiro atoms. The topological polar surface area (TPSA) is 50.4 Å². The monoisotopic (exact) mass is 222 g/mol. The van der Waals surface area contributed by atoms with Crippen LogP contribution in [-0.2, 0) is 9.53 Å². The smallest absolute Gasteiger partial charge is 0.319 e. The van der Waals surface area contributed by atoms with E-state index < -0.39 is 0 Å². The summed E-state index contributed by atoms with van der Waals surface area (Å²) in [6.07, 6.45) is 0. The van der Waals surface area contributed by atoms with Gasteiger partial charge in [0.25, 0.3) is 0 Å². The molecule has 0 fully saturated rings. The molecule has 0 aliphatic carbocycles. The molecule has 16 heavy (non-hydrogen) atoms. The molecule has 1 aromatic rings. The average molecular weight is 222 g/mol. The third kappa shape index (κ3) is 3.24. The third-order valence-electron chi connectivity index (χ3n) is 2.48. The number of hydrogen-bond donors (Lipinski definition) is 2. The van der Waals surface area contributed by atoms with E-state index in [9.17, 15) is 4.79 Å². The summed E-state index contributed by atoms with van der Waals surface area (Å²) < 4.78 is 4.58. The van der Waals surface area contributed by atoms with E-state index in [1.54, 1.807) is 0 Å². The van der Waals surface area contributed by atoms with Gasteiger partial charge in [0.2, 0.25) is 0 Å². The van der Waals surface area contributed by atoms with Gasteiger partial charge in [0, 0.05) is 18.8 Å². The number of benzene rings is 1. The molecule has 0 radical (unpaired) electrons. The largest absolute Gasteiger partial charge is 0.468 e. The highest BCUT2D eigenvalue weighted by atomic mass is 16.5. The number of ether oxygens (including phenoxy) is 1. The van der Waals surface area contributed by atoms with Gasteiger partial charge in [-0.05, 0) is 18.6 Å². The van der Waals surface area contributed by atoms with Crippen LogP contribution in [0.3, 0.4) is 0 Å². The molecule has 0 heterocycles. The number of nitrogens with one attached hydrogen (secondary N) is 2. The zero-order chi connectivity index (χ0) is 12.0. The first-order valence-corrected chi connectivity index (χ1v) is 5.26. The van der Waals surface area contributed by atoms with Crippen molar-refractivity contribution in [3.63, 3.8) is 0 Å². The van der Waals surface area contributed by atoms with Crippen molar-refractivity contribution < 1.29 is 9.53 Å². The molecule has 4 nitrogen and oxygen atoms in total. The number of para-hydroxylation sites is 1. The van der Waals surface area contributed by atoms with Crippen molar-refractivity contribution in [1.29, 1.82) is 0 Å². The van der Waals surface area contributed by atoms with Gasteiger partial charge in [0.15, 0.2) is 0 Å². The quantitative estimate of drug-likeness (QED) is 0.742. The summed E-state index contributed by atoms with van der Waals surface area (Å²) in [4.78, 5) is 11.0. The molecule has 0 aromatic heterocycles. The second kappa shape index (κ2) is 6.12. The van der Waals surface area contributed by atoms with Crippen LogP contribution in [0.4, 0.5) is 5.69 Å². The van der Waals surface area contributed by atoms with Crippen molar-refractivity contribution >= 4 is 11.7 Å². The Labute approximate surface area is 96.0 Å². The van der Waals surface area contributed by atoms with Gasteiger partial charge in [-0.25, -0.2) is 0 Å². The molecule has 1 unspecified atom stereocenters. The van der Waals surface area contributed by atoms with Gasteiger partial charge >= 0.3 is 5.97 Å². The van der Waals surface area contributed by atoms with Crippen molar-refractivity contribution in [2.75, 3.05) is 26.0 Å². The number of esters is 1. The van der Waals surface area contributed by atoms with Gasteiger partial charge in [-0.1, -0.05) is 18.2 Å².